The Morgan fingerprint density at radius 3 is 2.26 bits per heavy atom. The normalized spacial score (nSPS) is 18.3. The topological polar surface area (TPSA) is 70.8 Å². The Morgan fingerprint density at radius 2 is 1.61 bits per heavy atom. The SMILES string of the molecule is CCOc1ccccc1N1CC[NH+](CC(=O)N2CC[NH+](CC(=O)NC(C)C)CC2)CC1. The van der Waals surface area contributed by atoms with Crippen LogP contribution in [-0.4, -0.2) is 94.8 Å². The molecule has 2 saturated heterocycles. The molecule has 3 rings (SSSR count). The summed E-state index contributed by atoms with van der Waals surface area (Å²) in [6, 6.07) is 8.37. The van der Waals surface area contributed by atoms with E-state index in [9.17, 15) is 9.59 Å². The fourth-order valence-electron chi connectivity index (χ4n) is 4.41. The minimum absolute atomic E-state index is 0.0954. The molecule has 0 radical (unpaired) electrons. The van der Waals surface area contributed by atoms with E-state index in [0.29, 0.717) is 19.7 Å². The van der Waals surface area contributed by atoms with Crippen molar-refractivity contribution in [3.05, 3.63) is 24.3 Å². The first-order valence-electron chi connectivity index (χ1n) is 11.7. The van der Waals surface area contributed by atoms with Gasteiger partial charge in [0.25, 0.3) is 11.8 Å². The van der Waals surface area contributed by atoms with Crippen LogP contribution in [0.15, 0.2) is 24.3 Å². The Morgan fingerprint density at radius 1 is 1.00 bits per heavy atom. The molecule has 2 fully saturated rings. The molecule has 31 heavy (non-hydrogen) atoms. The van der Waals surface area contributed by atoms with Gasteiger partial charge in [0.2, 0.25) is 0 Å². The van der Waals surface area contributed by atoms with Crippen LogP contribution in [0, 0.1) is 0 Å². The van der Waals surface area contributed by atoms with Gasteiger partial charge >= 0.3 is 0 Å². The fourth-order valence-corrected chi connectivity index (χ4v) is 4.41. The van der Waals surface area contributed by atoms with Crippen molar-refractivity contribution in [3.63, 3.8) is 0 Å². The highest BCUT2D eigenvalue weighted by molar-refractivity contribution is 5.78. The molecule has 0 bridgehead atoms. The van der Waals surface area contributed by atoms with Crippen LogP contribution in [0.25, 0.3) is 0 Å². The molecule has 0 aliphatic carbocycles. The van der Waals surface area contributed by atoms with Gasteiger partial charge in [-0.05, 0) is 32.9 Å². The van der Waals surface area contributed by atoms with Gasteiger partial charge in [0.15, 0.2) is 13.1 Å². The van der Waals surface area contributed by atoms with E-state index in [1.54, 1.807) is 0 Å². The van der Waals surface area contributed by atoms with Crippen LogP contribution in [0.3, 0.4) is 0 Å². The number of anilines is 1. The number of nitrogens with one attached hydrogen (secondary N) is 3. The number of hydrogen-bond donors (Lipinski definition) is 3. The third-order valence-corrected chi connectivity index (χ3v) is 6.06. The van der Waals surface area contributed by atoms with Gasteiger partial charge in [0.1, 0.15) is 5.75 Å². The Balaban J connectivity index is 1.40. The van der Waals surface area contributed by atoms with Crippen molar-refractivity contribution < 1.29 is 24.1 Å². The maximum atomic E-state index is 12.8. The number of nitrogens with zero attached hydrogens (tertiary/aromatic N) is 2. The van der Waals surface area contributed by atoms with Gasteiger partial charge in [-0.15, -0.1) is 0 Å². The summed E-state index contributed by atoms with van der Waals surface area (Å²) in [5.41, 5.74) is 1.15. The van der Waals surface area contributed by atoms with E-state index in [1.165, 1.54) is 9.80 Å². The van der Waals surface area contributed by atoms with Gasteiger partial charge in [-0.25, -0.2) is 0 Å². The van der Waals surface area contributed by atoms with Gasteiger partial charge in [-0.1, -0.05) is 12.1 Å². The summed E-state index contributed by atoms with van der Waals surface area (Å²) in [5, 5.41) is 2.95. The first-order valence-corrected chi connectivity index (χ1v) is 11.7. The van der Waals surface area contributed by atoms with Gasteiger partial charge in [0, 0.05) is 6.04 Å². The van der Waals surface area contributed by atoms with Crippen molar-refractivity contribution in [2.45, 2.75) is 26.8 Å². The van der Waals surface area contributed by atoms with E-state index in [-0.39, 0.29) is 17.9 Å². The number of ether oxygens (including phenoxy) is 1. The number of piperazine rings is 2. The number of carbonyl (C=O) groups excluding carboxylic acids is 2. The molecule has 3 N–H and O–H groups in total. The molecular formula is C23H39N5O3+2. The number of hydrogen-bond acceptors (Lipinski definition) is 4. The zero-order valence-electron chi connectivity index (χ0n) is 19.3. The van der Waals surface area contributed by atoms with E-state index in [2.05, 4.69) is 22.3 Å². The largest absolute Gasteiger partial charge is 0.492 e. The zero-order chi connectivity index (χ0) is 22.2. The van der Waals surface area contributed by atoms with Crippen molar-refractivity contribution in [1.82, 2.24) is 10.2 Å². The highest BCUT2D eigenvalue weighted by atomic mass is 16.5. The summed E-state index contributed by atoms with van der Waals surface area (Å²) < 4.78 is 5.78. The summed E-state index contributed by atoms with van der Waals surface area (Å²) >= 11 is 0. The van der Waals surface area contributed by atoms with E-state index < -0.39 is 0 Å². The number of carbonyl (C=O) groups is 2. The summed E-state index contributed by atoms with van der Waals surface area (Å²) in [6.45, 7) is 14.6. The molecule has 8 nitrogen and oxygen atoms in total. The Kier molecular flexibility index (Phi) is 8.54. The average Bonchev–Trinajstić information content (AvgIpc) is 2.75. The number of rotatable bonds is 8. The Labute approximate surface area is 186 Å². The summed E-state index contributed by atoms with van der Waals surface area (Å²) in [4.78, 5) is 31.7. The molecule has 1 aromatic carbocycles. The second-order valence-corrected chi connectivity index (χ2v) is 8.84. The van der Waals surface area contributed by atoms with Crippen LogP contribution in [0.1, 0.15) is 20.8 Å². The number of para-hydroxylation sites is 2. The Hall–Kier alpha value is -2.32. The third kappa shape index (κ3) is 6.83. The summed E-state index contributed by atoms with van der Waals surface area (Å²) in [6.07, 6.45) is 0. The number of quaternary nitrogens is 2. The lowest BCUT2D eigenvalue weighted by molar-refractivity contribution is -0.898. The number of amides is 2. The molecule has 2 heterocycles. The lowest BCUT2D eigenvalue weighted by Crippen LogP contribution is -3.17. The van der Waals surface area contributed by atoms with Crippen molar-refractivity contribution in [2.24, 2.45) is 0 Å². The van der Waals surface area contributed by atoms with Gasteiger partial charge in [0.05, 0.1) is 64.7 Å². The van der Waals surface area contributed by atoms with Gasteiger partial charge in [-0.3, -0.25) is 9.59 Å². The molecule has 2 aliphatic heterocycles. The van der Waals surface area contributed by atoms with E-state index >= 15 is 0 Å². The molecule has 2 amide bonds. The zero-order valence-corrected chi connectivity index (χ0v) is 19.3. The number of benzene rings is 1. The van der Waals surface area contributed by atoms with Crippen molar-refractivity contribution >= 4 is 17.5 Å². The highest BCUT2D eigenvalue weighted by Crippen LogP contribution is 2.27. The summed E-state index contributed by atoms with van der Waals surface area (Å²) in [7, 11) is 0. The molecule has 1 aromatic rings. The van der Waals surface area contributed by atoms with Gasteiger partial charge < -0.3 is 29.7 Å². The highest BCUT2D eigenvalue weighted by Gasteiger charge is 2.29. The van der Waals surface area contributed by atoms with Crippen LogP contribution in [0.4, 0.5) is 5.69 Å². The molecule has 0 saturated carbocycles. The predicted octanol–water partition coefficient (Wildman–Crippen LogP) is -1.96. The van der Waals surface area contributed by atoms with Crippen LogP contribution in [0.2, 0.25) is 0 Å². The van der Waals surface area contributed by atoms with Gasteiger partial charge in [-0.2, -0.15) is 0 Å². The standard InChI is InChI=1S/C23H37N5O3/c1-4-31-21-8-6-5-7-20(21)27-13-9-26(10-14-27)18-23(30)28-15-11-25(12-16-28)17-22(29)24-19(2)3/h5-8,19H,4,9-18H2,1-3H3,(H,24,29)/p+2. The smallest absolute Gasteiger partial charge is 0.278 e. The second kappa shape index (κ2) is 11.3. The molecule has 172 valence electrons. The monoisotopic (exact) mass is 433 g/mol. The maximum Gasteiger partial charge on any atom is 0.278 e. The van der Waals surface area contributed by atoms with E-state index in [4.69, 9.17) is 4.74 Å². The molecule has 0 spiro atoms. The molecule has 0 atom stereocenters. The lowest BCUT2D eigenvalue weighted by Gasteiger charge is -2.36. The first-order chi connectivity index (χ1) is 15.0. The predicted molar refractivity (Wildman–Crippen MR) is 121 cm³/mol. The van der Waals surface area contributed by atoms with E-state index in [1.807, 2.05) is 37.8 Å². The van der Waals surface area contributed by atoms with Crippen molar-refractivity contribution in [3.8, 4) is 5.75 Å². The molecule has 2 aliphatic rings. The summed E-state index contributed by atoms with van der Waals surface area (Å²) in [5.74, 6) is 1.27. The average molecular weight is 434 g/mol. The van der Waals surface area contributed by atoms with Crippen LogP contribution in [-0.2, 0) is 9.59 Å². The fraction of sp³-hybridized carbons (Fsp3) is 0.652. The van der Waals surface area contributed by atoms with Crippen molar-refractivity contribution in [1.29, 1.82) is 0 Å². The second-order valence-electron chi connectivity index (χ2n) is 8.84. The lowest BCUT2D eigenvalue weighted by atomic mass is 10.2. The third-order valence-electron chi connectivity index (χ3n) is 6.06. The molecule has 0 aromatic heterocycles. The minimum Gasteiger partial charge on any atom is -0.492 e. The maximum absolute atomic E-state index is 12.8. The quantitative estimate of drug-likeness (QED) is 0.446. The minimum atomic E-state index is 0.0954. The van der Waals surface area contributed by atoms with Crippen LogP contribution in [0.5, 0.6) is 5.75 Å². The molecule has 8 heteroatoms. The van der Waals surface area contributed by atoms with Crippen LogP contribution >= 0.6 is 0 Å². The van der Waals surface area contributed by atoms with E-state index in [0.717, 1.165) is 63.8 Å². The van der Waals surface area contributed by atoms with Crippen LogP contribution < -0.4 is 24.8 Å². The molecular weight excluding hydrogens is 394 g/mol. The molecule has 0 unspecified atom stereocenters. The first kappa shape index (κ1) is 23.3. The Bertz CT molecular complexity index is 726. The van der Waals surface area contributed by atoms with Crippen molar-refractivity contribution in [2.75, 3.05) is 77.0 Å².